The Morgan fingerprint density at radius 3 is 2.76 bits per heavy atom. The second kappa shape index (κ2) is 8.79. The van der Waals surface area contributed by atoms with Gasteiger partial charge < -0.3 is 14.8 Å². The molecule has 0 saturated heterocycles. The first-order valence-corrected chi connectivity index (χ1v) is 9.16. The van der Waals surface area contributed by atoms with Crippen LogP contribution in [0.15, 0.2) is 48.7 Å². The van der Waals surface area contributed by atoms with Gasteiger partial charge in [-0.3, -0.25) is 9.48 Å². The second-order valence-corrected chi connectivity index (χ2v) is 6.81. The minimum atomic E-state index is -0.586. The number of hydrogen-bond donors (Lipinski definition) is 1. The maximum Gasteiger partial charge on any atom is 0.358 e. The van der Waals surface area contributed by atoms with Crippen LogP contribution in [0.2, 0.25) is 5.02 Å². The summed E-state index contributed by atoms with van der Waals surface area (Å²) in [7, 11) is 2.86. The van der Waals surface area contributed by atoms with Gasteiger partial charge in [-0.25, -0.2) is 4.79 Å². The number of carbonyl (C=O) groups is 2. The zero-order chi connectivity index (χ0) is 21.0. The number of ether oxygens (including phenoxy) is 2. The number of aryl methyl sites for hydroxylation is 2. The Kier molecular flexibility index (Phi) is 6.19. The van der Waals surface area contributed by atoms with Gasteiger partial charge >= 0.3 is 5.97 Å². The third-order valence-corrected chi connectivity index (χ3v) is 4.55. The predicted octanol–water partition coefficient (Wildman–Crippen LogP) is 4.00. The fourth-order valence-electron chi connectivity index (χ4n) is 2.75. The molecule has 0 unspecified atom stereocenters. The van der Waals surface area contributed by atoms with E-state index in [9.17, 15) is 9.59 Å². The number of esters is 1. The van der Waals surface area contributed by atoms with Gasteiger partial charge in [0, 0.05) is 12.6 Å². The van der Waals surface area contributed by atoms with Gasteiger partial charge in [0.05, 0.1) is 24.0 Å². The van der Waals surface area contributed by atoms with Gasteiger partial charge in [0.15, 0.2) is 5.69 Å². The molecule has 0 aliphatic carbocycles. The first-order valence-electron chi connectivity index (χ1n) is 8.78. The van der Waals surface area contributed by atoms with Crippen LogP contribution in [0.3, 0.4) is 0 Å². The fraction of sp³-hybridized carbons (Fsp3) is 0.190. The molecule has 1 N–H and O–H groups in total. The molecule has 8 heteroatoms. The predicted molar refractivity (Wildman–Crippen MR) is 109 cm³/mol. The molecular weight excluding hydrogens is 394 g/mol. The molecule has 0 saturated carbocycles. The van der Waals surface area contributed by atoms with E-state index in [0.29, 0.717) is 16.3 Å². The Bertz CT molecular complexity index is 1060. The molecule has 29 heavy (non-hydrogen) atoms. The van der Waals surface area contributed by atoms with Gasteiger partial charge in [-0.15, -0.1) is 0 Å². The molecule has 0 radical (unpaired) electrons. The molecule has 7 nitrogen and oxygen atoms in total. The third-order valence-electron chi connectivity index (χ3n) is 4.24. The summed E-state index contributed by atoms with van der Waals surface area (Å²) >= 11 is 6.15. The summed E-state index contributed by atoms with van der Waals surface area (Å²) in [5, 5.41) is 7.22. The fourth-order valence-corrected chi connectivity index (χ4v) is 2.92. The number of amides is 1. The lowest BCUT2D eigenvalue weighted by Gasteiger charge is -2.10. The Hall–Kier alpha value is -3.32. The van der Waals surface area contributed by atoms with Gasteiger partial charge in [0.1, 0.15) is 12.4 Å². The lowest BCUT2D eigenvalue weighted by molar-refractivity contribution is 0.0589. The van der Waals surface area contributed by atoms with Crippen LogP contribution in [0.1, 0.15) is 32.0 Å². The van der Waals surface area contributed by atoms with Crippen molar-refractivity contribution >= 4 is 29.2 Å². The molecule has 1 amide bonds. The van der Waals surface area contributed by atoms with Crippen molar-refractivity contribution in [3.63, 3.8) is 0 Å². The first-order chi connectivity index (χ1) is 13.9. The summed E-state index contributed by atoms with van der Waals surface area (Å²) in [5.41, 5.74) is 2.69. The first kappa shape index (κ1) is 20.4. The Morgan fingerprint density at radius 1 is 1.21 bits per heavy atom. The monoisotopic (exact) mass is 413 g/mol. The number of benzene rings is 2. The Morgan fingerprint density at radius 2 is 2.00 bits per heavy atom. The highest BCUT2D eigenvalue weighted by atomic mass is 35.5. The van der Waals surface area contributed by atoms with E-state index in [1.165, 1.54) is 18.0 Å². The van der Waals surface area contributed by atoms with Crippen LogP contribution in [0, 0.1) is 6.92 Å². The standard InChI is InChI=1S/C21H20ClN3O4/c1-13-7-8-16(22)18(9-13)29-12-14-5-4-6-15(10-14)20(26)24-17-11-23-25(2)19(17)21(27)28-3/h4-11H,12H2,1-3H3,(H,24,26). The molecule has 1 aromatic heterocycles. The molecule has 0 fully saturated rings. The molecule has 2 aromatic carbocycles. The van der Waals surface area contributed by atoms with Crippen LogP contribution in [0.4, 0.5) is 5.69 Å². The Labute approximate surface area is 173 Å². The molecule has 0 atom stereocenters. The van der Waals surface area contributed by atoms with E-state index >= 15 is 0 Å². The van der Waals surface area contributed by atoms with E-state index in [2.05, 4.69) is 10.4 Å². The second-order valence-electron chi connectivity index (χ2n) is 6.40. The number of nitrogens with one attached hydrogen (secondary N) is 1. The van der Waals surface area contributed by atoms with Crippen molar-refractivity contribution in [3.8, 4) is 5.75 Å². The van der Waals surface area contributed by atoms with Gasteiger partial charge in [0.2, 0.25) is 0 Å². The van der Waals surface area contributed by atoms with Crippen LogP contribution < -0.4 is 10.1 Å². The highest BCUT2D eigenvalue weighted by Crippen LogP contribution is 2.26. The summed E-state index contributed by atoms with van der Waals surface area (Å²) < 4.78 is 11.9. The highest BCUT2D eigenvalue weighted by Gasteiger charge is 2.19. The van der Waals surface area contributed by atoms with Crippen LogP contribution in [-0.4, -0.2) is 28.8 Å². The van der Waals surface area contributed by atoms with Crippen molar-refractivity contribution in [3.05, 3.63) is 76.1 Å². The van der Waals surface area contributed by atoms with Gasteiger partial charge in [-0.1, -0.05) is 29.8 Å². The SMILES string of the molecule is COC(=O)c1c(NC(=O)c2cccc(COc3cc(C)ccc3Cl)c2)cnn1C. The topological polar surface area (TPSA) is 82.4 Å². The van der Waals surface area contributed by atoms with Crippen molar-refractivity contribution in [2.45, 2.75) is 13.5 Å². The number of hydrogen-bond acceptors (Lipinski definition) is 5. The summed E-state index contributed by atoms with van der Waals surface area (Å²) in [6.07, 6.45) is 1.40. The minimum Gasteiger partial charge on any atom is -0.487 e. The molecule has 3 rings (SSSR count). The van der Waals surface area contributed by atoms with E-state index < -0.39 is 5.97 Å². The van der Waals surface area contributed by atoms with E-state index in [1.54, 1.807) is 31.3 Å². The molecule has 1 heterocycles. The molecule has 150 valence electrons. The van der Waals surface area contributed by atoms with Crippen LogP contribution in [0.5, 0.6) is 5.75 Å². The van der Waals surface area contributed by atoms with Crippen molar-refractivity contribution in [1.82, 2.24) is 9.78 Å². The van der Waals surface area contributed by atoms with Crippen LogP contribution >= 0.6 is 11.6 Å². The molecule has 0 spiro atoms. The quantitative estimate of drug-likeness (QED) is 0.617. The normalized spacial score (nSPS) is 10.5. The molecule has 0 aliphatic rings. The molecule has 0 aliphatic heterocycles. The van der Waals surface area contributed by atoms with Crippen LogP contribution in [-0.2, 0) is 18.4 Å². The van der Waals surface area contributed by atoms with E-state index in [1.807, 2.05) is 25.1 Å². The van der Waals surface area contributed by atoms with Crippen molar-refractivity contribution in [2.24, 2.45) is 7.05 Å². The average Bonchev–Trinajstić information content (AvgIpc) is 3.08. The number of methoxy groups -OCH3 is 1. The largest absolute Gasteiger partial charge is 0.487 e. The smallest absolute Gasteiger partial charge is 0.358 e. The van der Waals surface area contributed by atoms with Gasteiger partial charge in [0.25, 0.3) is 5.91 Å². The van der Waals surface area contributed by atoms with E-state index in [-0.39, 0.29) is 23.9 Å². The molecular formula is C21H20ClN3O4. The van der Waals surface area contributed by atoms with Gasteiger partial charge in [-0.05, 0) is 42.3 Å². The zero-order valence-electron chi connectivity index (χ0n) is 16.2. The van der Waals surface area contributed by atoms with Crippen molar-refractivity contribution < 1.29 is 19.1 Å². The third kappa shape index (κ3) is 4.75. The summed E-state index contributed by atoms with van der Waals surface area (Å²) in [5.74, 6) is -0.379. The lowest BCUT2D eigenvalue weighted by atomic mass is 10.1. The van der Waals surface area contributed by atoms with Gasteiger partial charge in [-0.2, -0.15) is 5.10 Å². The number of anilines is 1. The highest BCUT2D eigenvalue weighted by molar-refractivity contribution is 6.32. The summed E-state index contributed by atoms with van der Waals surface area (Å²) in [6.45, 7) is 2.21. The lowest BCUT2D eigenvalue weighted by Crippen LogP contribution is -2.16. The number of halogens is 1. The Balaban J connectivity index is 1.73. The summed E-state index contributed by atoms with van der Waals surface area (Å²) in [6, 6.07) is 12.5. The van der Waals surface area contributed by atoms with E-state index in [0.717, 1.165) is 11.1 Å². The maximum atomic E-state index is 12.6. The van der Waals surface area contributed by atoms with Crippen molar-refractivity contribution in [1.29, 1.82) is 0 Å². The number of carbonyl (C=O) groups excluding carboxylic acids is 2. The maximum absolute atomic E-state index is 12.6. The van der Waals surface area contributed by atoms with Crippen LogP contribution in [0.25, 0.3) is 0 Å². The molecule has 3 aromatic rings. The minimum absolute atomic E-state index is 0.162. The zero-order valence-corrected chi connectivity index (χ0v) is 17.0. The average molecular weight is 414 g/mol. The molecule has 0 bridgehead atoms. The number of rotatable bonds is 6. The van der Waals surface area contributed by atoms with E-state index in [4.69, 9.17) is 21.1 Å². The summed E-state index contributed by atoms with van der Waals surface area (Å²) in [4.78, 5) is 24.5. The van der Waals surface area contributed by atoms with Crippen molar-refractivity contribution in [2.75, 3.05) is 12.4 Å². The number of aromatic nitrogens is 2. The number of nitrogens with zero attached hydrogens (tertiary/aromatic N) is 2.